The molecule has 0 atom stereocenters. The molecule has 0 unspecified atom stereocenters. The van der Waals surface area contributed by atoms with E-state index in [1.165, 1.54) is 0 Å². The van der Waals surface area contributed by atoms with Crippen LogP contribution in [0, 0.1) is 0 Å². The second kappa shape index (κ2) is 6.95. The number of hydrogen-bond acceptors (Lipinski definition) is 4. The van der Waals surface area contributed by atoms with Crippen molar-refractivity contribution in [1.82, 2.24) is 20.2 Å². The second-order valence-electron chi connectivity index (χ2n) is 6.42. The molecule has 0 radical (unpaired) electrons. The minimum Gasteiger partial charge on any atom is -0.475 e. The van der Waals surface area contributed by atoms with Gasteiger partial charge in [-0.1, -0.05) is 18.2 Å². The smallest absolute Gasteiger partial charge is 0.273 e. The van der Waals surface area contributed by atoms with E-state index in [1.54, 1.807) is 24.4 Å². The molecule has 136 valence electrons. The molecule has 0 saturated heterocycles. The number of hydrogen-bond donors (Lipinski definition) is 3. The minimum atomic E-state index is -0.284. The first-order chi connectivity index (χ1) is 13.1. The van der Waals surface area contributed by atoms with E-state index in [0.717, 1.165) is 16.5 Å². The van der Waals surface area contributed by atoms with Crippen molar-refractivity contribution >= 4 is 22.5 Å². The number of nitrogens with zero attached hydrogens (tertiary/aromatic N) is 2. The Hall–Kier alpha value is -3.61. The van der Waals surface area contributed by atoms with Gasteiger partial charge in [-0.3, -0.25) is 9.89 Å². The molecule has 3 aromatic heterocycles. The summed E-state index contributed by atoms with van der Waals surface area (Å²) in [6.45, 7) is 3.86. The van der Waals surface area contributed by atoms with E-state index in [0.29, 0.717) is 23.0 Å². The fraction of sp³-hybridized carbons (Fsp3) is 0.150. The van der Waals surface area contributed by atoms with Crippen molar-refractivity contribution in [2.75, 3.05) is 5.32 Å². The van der Waals surface area contributed by atoms with Gasteiger partial charge in [0.2, 0.25) is 5.88 Å². The number of carbonyl (C=O) groups excluding carboxylic acids is 1. The first-order valence-corrected chi connectivity index (χ1v) is 8.66. The number of aromatic nitrogens is 4. The summed E-state index contributed by atoms with van der Waals surface area (Å²) in [5, 5.41) is 10.9. The van der Waals surface area contributed by atoms with Gasteiger partial charge in [-0.2, -0.15) is 5.10 Å². The van der Waals surface area contributed by atoms with Crippen LogP contribution in [0.4, 0.5) is 5.69 Å². The van der Waals surface area contributed by atoms with Gasteiger partial charge < -0.3 is 15.0 Å². The maximum absolute atomic E-state index is 12.5. The zero-order valence-electron chi connectivity index (χ0n) is 15.0. The van der Waals surface area contributed by atoms with Gasteiger partial charge in [-0.15, -0.1) is 0 Å². The minimum absolute atomic E-state index is 0.0471. The molecule has 7 heteroatoms. The van der Waals surface area contributed by atoms with Crippen LogP contribution in [0.5, 0.6) is 5.88 Å². The maximum atomic E-state index is 12.5. The highest BCUT2D eigenvalue weighted by Gasteiger charge is 2.14. The number of carbonyl (C=O) groups is 1. The summed E-state index contributed by atoms with van der Waals surface area (Å²) >= 11 is 0. The van der Waals surface area contributed by atoms with Crippen molar-refractivity contribution in [2.24, 2.45) is 0 Å². The number of pyridine rings is 1. The Kier molecular flexibility index (Phi) is 4.33. The molecule has 1 amide bonds. The van der Waals surface area contributed by atoms with Crippen molar-refractivity contribution in [2.45, 2.75) is 20.0 Å². The Morgan fingerprint density at radius 3 is 2.81 bits per heavy atom. The van der Waals surface area contributed by atoms with Gasteiger partial charge >= 0.3 is 0 Å². The summed E-state index contributed by atoms with van der Waals surface area (Å²) in [6, 6.07) is 13.2. The zero-order chi connectivity index (χ0) is 18.8. The molecule has 27 heavy (non-hydrogen) atoms. The van der Waals surface area contributed by atoms with Crippen LogP contribution in [-0.2, 0) is 0 Å². The van der Waals surface area contributed by atoms with E-state index in [2.05, 4.69) is 25.5 Å². The third-order valence-electron chi connectivity index (χ3n) is 4.04. The van der Waals surface area contributed by atoms with E-state index in [1.807, 2.05) is 44.3 Å². The number of benzene rings is 1. The third-order valence-corrected chi connectivity index (χ3v) is 4.04. The summed E-state index contributed by atoms with van der Waals surface area (Å²) in [4.78, 5) is 19.9. The van der Waals surface area contributed by atoms with Gasteiger partial charge in [0.25, 0.3) is 5.91 Å². The van der Waals surface area contributed by atoms with Crippen LogP contribution in [0.3, 0.4) is 0 Å². The van der Waals surface area contributed by atoms with Crippen LogP contribution < -0.4 is 10.1 Å². The predicted octanol–water partition coefficient (Wildman–Crippen LogP) is 3.99. The topological polar surface area (TPSA) is 95.7 Å². The number of ether oxygens (including phenoxy) is 1. The van der Waals surface area contributed by atoms with Gasteiger partial charge in [0.05, 0.1) is 23.7 Å². The SMILES string of the molecule is CC(C)Oc1ccc(NC(=O)c2cc(-c3c[nH]c4ccccc34)n[nH]2)cn1. The normalized spacial score (nSPS) is 11.1. The quantitative estimate of drug-likeness (QED) is 0.501. The van der Waals surface area contributed by atoms with Gasteiger partial charge in [0.15, 0.2) is 0 Å². The number of rotatable bonds is 5. The molecule has 0 aliphatic heterocycles. The van der Waals surface area contributed by atoms with Gasteiger partial charge in [-0.05, 0) is 32.0 Å². The number of anilines is 1. The Bertz CT molecular complexity index is 1080. The molecule has 0 spiro atoms. The summed E-state index contributed by atoms with van der Waals surface area (Å²) < 4.78 is 5.50. The fourth-order valence-corrected chi connectivity index (χ4v) is 2.82. The van der Waals surface area contributed by atoms with Gasteiger partial charge in [-0.25, -0.2) is 4.98 Å². The van der Waals surface area contributed by atoms with Crippen molar-refractivity contribution in [3.05, 3.63) is 60.6 Å². The van der Waals surface area contributed by atoms with E-state index in [9.17, 15) is 4.79 Å². The van der Waals surface area contributed by atoms with Crippen molar-refractivity contribution in [3.8, 4) is 17.1 Å². The molecule has 4 rings (SSSR count). The highest BCUT2D eigenvalue weighted by Crippen LogP contribution is 2.27. The molecule has 3 N–H and O–H groups in total. The zero-order valence-corrected chi connectivity index (χ0v) is 15.0. The van der Waals surface area contributed by atoms with Crippen LogP contribution in [0.15, 0.2) is 54.9 Å². The average molecular weight is 361 g/mol. The average Bonchev–Trinajstić information content (AvgIpc) is 3.29. The number of nitrogens with one attached hydrogen (secondary N) is 3. The highest BCUT2D eigenvalue weighted by molar-refractivity contribution is 6.04. The summed E-state index contributed by atoms with van der Waals surface area (Å²) in [5.41, 5.74) is 3.63. The first-order valence-electron chi connectivity index (χ1n) is 8.66. The number of amides is 1. The molecular formula is C20H19N5O2. The molecule has 0 aliphatic carbocycles. The van der Waals surface area contributed by atoms with Crippen LogP contribution in [0.2, 0.25) is 0 Å². The molecule has 3 heterocycles. The Morgan fingerprint density at radius 1 is 1.19 bits per heavy atom. The summed E-state index contributed by atoms with van der Waals surface area (Å²) in [5.74, 6) is 0.235. The third kappa shape index (κ3) is 3.52. The largest absolute Gasteiger partial charge is 0.475 e. The molecular weight excluding hydrogens is 342 g/mol. The van der Waals surface area contributed by atoms with Gasteiger partial charge in [0.1, 0.15) is 5.69 Å². The molecule has 0 saturated carbocycles. The lowest BCUT2D eigenvalue weighted by molar-refractivity contribution is 0.102. The van der Waals surface area contributed by atoms with E-state index < -0.39 is 0 Å². The van der Waals surface area contributed by atoms with Crippen LogP contribution in [0.25, 0.3) is 22.2 Å². The van der Waals surface area contributed by atoms with E-state index >= 15 is 0 Å². The molecule has 7 nitrogen and oxygen atoms in total. The Morgan fingerprint density at radius 2 is 2.04 bits per heavy atom. The molecule has 0 fully saturated rings. The van der Waals surface area contributed by atoms with Crippen LogP contribution in [0.1, 0.15) is 24.3 Å². The lowest BCUT2D eigenvalue weighted by Crippen LogP contribution is -2.13. The second-order valence-corrected chi connectivity index (χ2v) is 6.42. The summed E-state index contributed by atoms with van der Waals surface area (Å²) in [6.07, 6.45) is 3.50. The fourth-order valence-electron chi connectivity index (χ4n) is 2.82. The highest BCUT2D eigenvalue weighted by atomic mass is 16.5. The van der Waals surface area contributed by atoms with E-state index in [-0.39, 0.29) is 12.0 Å². The standard InChI is InChI=1S/C20H19N5O2/c1-12(2)27-19-8-7-13(10-22-19)23-20(26)18-9-17(24-25-18)15-11-21-16-6-4-3-5-14(15)16/h3-12,21H,1-2H3,(H,23,26)(H,24,25). The van der Waals surface area contributed by atoms with Crippen molar-refractivity contribution in [3.63, 3.8) is 0 Å². The van der Waals surface area contributed by atoms with Crippen molar-refractivity contribution in [1.29, 1.82) is 0 Å². The molecule has 0 aliphatic rings. The Labute approximate surface area is 155 Å². The lowest BCUT2D eigenvalue weighted by Gasteiger charge is -2.09. The number of aromatic amines is 2. The summed E-state index contributed by atoms with van der Waals surface area (Å²) in [7, 11) is 0. The van der Waals surface area contributed by atoms with Crippen molar-refractivity contribution < 1.29 is 9.53 Å². The van der Waals surface area contributed by atoms with Crippen LogP contribution >= 0.6 is 0 Å². The Balaban J connectivity index is 1.50. The van der Waals surface area contributed by atoms with E-state index in [4.69, 9.17) is 4.74 Å². The molecule has 0 bridgehead atoms. The lowest BCUT2D eigenvalue weighted by atomic mass is 10.1. The van der Waals surface area contributed by atoms with Gasteiger partial charge in [0, 0.05) is 28.7 Å². The monoisotopic (exact) mass is 361 g/mol. The molecule has 4 aromatic rings. The number of H-pyrrole nitrogens is 2. The maximum Gasteiger partial charge on any atom is 0.273 e. The molecule has 1 aromatic carbocycles. The number of fused-ring (bicyclic) bond motifs is 1. The van der Waals surface area contributed by atoms with Crippen LogP contribution in [-0.4, -0.2) is 32.2 Å². The number of para-hydroxylation sites is 1. The first kappa shape index (κ1) is 16.8. The predicted molar refractivity (Wildman–Crippen MR) is 104 cm³/mol.